The van der Waals surface area contributed by atoms with Crippen molar-refractivity contribution in [1.82, 2.24) is 14.5 Å². The lowest BCUT2D eigenvalue weighted by Crippen LogP contribution is -2.43. The lowest BCUT2D eigenvalue weighted by atomic mass is 10.2. The van der Waals surface area contributed by atoms with Crippen molar-refractivity contribution in [3.05, 3.63) is 18.2 Å². The van der Waals surface area contributed by atoms with Gasteiger partial charge in [0.15, 0.2) is 0 Å². The first-order valence-electron chi connectivity index (χ1n) is 6.63. The minimum Gasteiger partial charge on any atom is -0.469 e. The Labute approximate surface area is 113 Å². The summed E-state index contributed by atoms with van der Waals surface area (Å²) >= 11 is 0. The van der Waals surface area contributed by atoms with E-state index < -0.39 is 0 Å². The van der Waals surface area contributed by atoms with Gasteiger partial charge in [0.05, 0.1) is 32.8 Å². The third-order valence-electron chi connectivity index (χ3n) is 3.35. The van der Waals surface area contributed by atoms with Gasteiger partial charge in [-0.1, -0.05) is 0 Å². The van der Waals surface area contributed by atoms with Crippen molar-refractivity contribution in [2.45, 2.75) is 32.5 Å². The molecule has 0 N–H and O–H groups in total. The standard InChI is InChI=1S/C13H21N3O3/c1-3-16-5-4-14-12(16)10-15-6-7-19-11(9-15)8-13(17)18-2/h4-5,11H,3,6-10H2,1-2H3. The van der Waals surface area contributed by atoms with Crippen LogP contribution in [0.1, 0.15) is 19.2 Å². The summed E-state index contributed by atoms with van der Waals surface area (Å²) in [5.74, 6) is 0.836. The maximum absolute atomic E-state index is 11.3. The lowest BCUT2D eigenvalue weighted by Gasteiger charge is -2.32. The zero-order chi connectivity index (χ0) is 13.7. The molecule has 1 aromatic rings. The van der Waals surface area contributed by atoms with Crippen LogP contribution in [0.15, 0.2) is 12.4 Å². The number of morpholine rings is 1. The Hall–Kier alpha value is -1.40. The highest BCUT2D eigenvalue weighted by Gasteiger charge is 2.24. The van der Waals surface area contributed by atoms with Gasteiger partial charge >= 0.3 is 5.97 Å². The Bertz CT molecular complexity index is 419. The van der Waals surface area contributed by atoms with Crippen LogP contribution in [0, 0.1) is 0 Å². The van der Waals surface area contributed by atoms with E-state index in [2.05, 4.69) is 26.1 Å². The van der Waals surface area contributed by atoms with E-state index in [1.807, 2.05) is 12.4 Å². The number of aryl methyl sites for hydroxylation is 1. The highest BCUT2D eigenvalue weighted by molar-refractivity contribution is 5.69. The lowest BCUT2D eigenvalue weighted by molar-refractivity contribution is -0.145. The number of carbonyl (C=O) groups is 1. The highest BCUT2D eigenvalue weighted by Crippen LogP contribution is 2.12. The van der Waals surface area contributed by atoms with Gasteiger partial charge in [-0.15, -0.1) is 0 Å². The first-order chi connectivity index (χ1) is 9.22. The molecule has 0 amide bonds. The summed E-state index contributed by atoms with van der Waals surface area (Å²) in [5, 5.41) is 0. The van der Waals surface area contributed by atoms with Crippen LogP contribution in [0.3, 0.4) is 0 Å². The zero-order valence-electron chi connectivity index (χ0n) is 11.5. The fourth-order valence-corrected chi connectivity index (χ4v) is 2.30. The van der Waals surface area contributed by atoms with Crippen LogP contribution in [-0.2, 0) is 27.4 Å². The number of hydrogen-bond acceptors (Lipinski definition) is 5. The molecule has 1 fully saturated rings. The molecule has 1 aliphatic rings. The van der Waals surface area contributed by atoms with Gasteiger partial charge in [-0.25, -0.2) is 4.98 Å². The number of esters is 1. The third kappa shape index (κ3) is 3.78. The molecule has 0 spiro atoms. The molecule has 0 aliphatic carbocycles. The van der Waals surface area contributed by atoms with Crippen molar-refractivity contribution in [1.29, 1.82) is 0 Å². The molecule has 1 unspecified atom stereocenters. The normalized spacial score (nSPS) is 20.4. The number of aromatic nitrogens is 2. The Kier molecular flexibility index (Phi) is 4.93. The van der Waals surface area contributed by atoms with E-state index in [0.29, 0.717) is 13.0 Å². The van der Waals surface area contributed by atoms with E-state index in [4.69, 9.17) is 4.74 Å². The summed E-state index contributed by atoms with van der Waals surface area (Å²) in [6.45, 7) is 6.08. The Morgan fingerprint density at radius 2 is 2.47 bits per heavy atom. The molecule has 106 valence electrons. The van der Waals surface area contributed by atoms with Crippen LogP contribution in [0.5, 0.6) is 0 Å². The molecule has 6 nitrogen and oxygen atoms in total. The SMILES string of the molecule is CCn1ccnc1CN1CCOC(CC(=O)OC)C1. The molecule has 1 aliphatic heterocycles. The Balaban J connectivity index is 1.89. The topological polar surface area (TPSA) is 56.6 Å². The number of imidazole rings is 1. The first kappa shape index (κ1) is 14.0. The van der Waals surface area contributed by atoms with E-state index in [1.54, 1.807) is 0 Å². The minimum absolute atomic E-state index is 0.0776. The molecule has 2 rings (SSSR count). The average Bonchev–Trinajstić information content (AvgIpc) is 2.86. The van der Waals surface area contributed by atoms with E-state index in [0.717, 1.165) is 32.0 Å². The number of rotatable bonds is 5. The molecule has 6 heteroatoms. The molecule has 19 heavy (non-hydrogen) atoms. The predicted molar refractivity (Wildman–Crippen MR) is 69.6 cm³/mol. The molecule has 0 aromatic carbocycles. The van der Waals surface area contributed by atoms with Crippen molar-refractivity contribution >= 4 is 5.97 Å². The van der Waals surface area contributed by atoms with Gasteiger partial charge in [0.1, 0.15) is 5.82 Å². The van der Waals surface area contributed by atoms with Crippen LogP contribution >= 0.6 is 0 Å². The second-order valence-corrected chi connectivity index (χ2v) is 4.64. The summed E-state index contributed by atoms with van der Waals surface area (Å²) in [6.07, 6.45) is 4.05. The zero-order valence-corrected chi connectivity index (χ0v) is 11.5. The van der Waals surface area contributed by atoms with Crippen molar-refractivity contribution < 1.29 is 14.3 Å². The maximum atomic E-state index is 11.3. The van der Waals surface area contributed by atoms with Crippen LogP contribution in [0.25, 0.3) is 0 Å². The second-order valence-electron chi connectivity index (χ2n) is 4.64. The molecular weight excluding hydrogens is 246 g/mol. The number of methoxy groups -OCH3 is 1. The van der Waals surface area contributed by atoms with Gasteiger partial charge < -0.3 is 14.0 Å². The summed E-state index contributed by atoms with van der Waals surface area (Å²) in [5.41, 5.74) is 0. The van der Waals surface area contributed by atoms with Gasteiger partial charge in [0.2, 0.25) is 0 Å². The Morgan fingerprint density at radius 3 is 3.21 bits per heavy atom. The summed E-state index contributed by atoms with van der Waals surface area (Å²) in [4.78, 5) is 17.9. The molecule has 2 heterocycles. The molecule has 0 saturated carbocycles. The second kappa shape index (κ2) is 6.68. The fourth-order valence-electron chi connectivity index (χ4n) is 2.30. The smallest absolute Gasteiger partial charge is 0.308 e. The van der Waals surface area contributed by atoms with E-state index in [1.165, 1.54) is 7.11 Å². The number of nitrogens with zero attached hydrogens (tertiary/aromatic N) is 3. The molecular formula is C13H21N3O3. The van der Waals surface area contributed by atoms with Gasteiger partial charge in [-0.05, 0) is 6.92 Å². The predicted octanol–water partition coefficient (Wildman–Crippen LogP) is 0.667. The van der Waals surface area contributed by atoms with Crippen molar-refractivity contribution in [2.24, 2.45) is 0 Å². The largest absolute Gasteiger partial charge is 0.469 e. The number of carbonyl (C=O) groups excluding carboxylic acids is 1. The van der Waals surface area contributed by atoms with Crippen molar-refractivity contribution in [3.8, 4) is 0 Å². The van der Waals surface area contributed by atoms with Crippen molar-refractivity contribution in [3.63, 3.8) is 0 Å². The van der Waals surface area contributed by atoms with E-state index in [-0.39, 0.29) is 12.1 Å². The van der Waals surface area contributed by atoms with Gasteiger partial charge in [-0.2, -0.15) is 0 Å². The molecule has 0 radical (unpaired) electrons. The minimum atomic E-state index is -0.220. The van der Waals surface area contributed by atoms with Crippen LogP contribution in [0.4, 0.5) is 0 Å². The van der Waals surface area contributed by atoms with Crippen LogP contribution < -0.4 is 0 Å². The highest BCUT2D eigenvalue weighted by atomic mass is 16.5. The molecule has 0 bridgehead atoms. The fraction of sp³-hybridized carbons (Fsp3) is 0.692. The van der Waals surface area contributed by atoms with Gasteiger partial charge in [-0.3, -0.25) is 9.69 Å². The monoisotopic (exact) mass is 267 g/mol. The molecule has 1 aromatic heterocycles. The van der Waals surface area contributed by atoms with E-state index in [9.17, 15) is 4.79 Å². The maximum Gasteiger partial charge on any atom is 0.308 e. The number of hydrogen-bond donors (Lipinski definition) is 0. The van der Waals surface area contributed by atoms with Gasteiger partial charge in [0, 0.05) is 32.0 Å². The summed E-state index contributed by atoms with van der Waals surface area (Å²) in [7, 11) is 1.40. The van der Waals surface area contributed by atoms with Crippen LogP contribution in [0.2, 0.25) is 0 Å². The average molecular weight is 267 g/mol. The summed E-state index contributed by atoms with van der Waals surface area (Å²) < 4.78 is 12.4. The summed E-state index contributed by atoms with van der Waals surface area (Å²) in [6, 6.07) is 0. The van der Waals surface area contributed by atoms with Crippen molar-refractivity contribution in [2.75, 3.05) is 26.8 Å². The molecule has 1 saturated heterocycles. The third-order valence-corrected chi connectivity index (χ3v) is 3.35. The van der Waals surface area contributed by atoms with Gasteiger partial charge in [0.25, 0.3) is 0 Å². The molecule has 1 atom stereocenters. The first-order valence-corrected chi connectivity index (χ1v) is 6.63. The number of ether oxygens (including phenoxy) is 2. The van der Waals surface area contributed by atoms with Crippen LogP contribution in [-0.4, -0.2) is 53.3 Å². The quantitative estimate of drug-likeness (QED) is 0.734. The van der Waals surface area contributed by atoms with E-state index >= 15 is 0 Å². The Morgan fingerprint density at radius 1 is 1.63 bits per heavy atom.